The number of sulfone groups is 1. The van der Waals surface area contributed by atoms with Gasteiger partial charge in [0.15, 0.2) is 9.84 Å². The molecular formula is C23H23FN4O4S2. The number of aromatic nitrogens is 3. The normalized spacial score (nSPS) is 11.6. The number of nitrogens with one attached hydrogen (secondary N) is 1. The Bertz CT molecular complexity index is 1430. The maximum absolute atomic E-state index is 13.0. The molecule has 1 N–H and O–H groups in total. The summed E-state index contributed by atoms with van der Waals surface area (Å²) in [5, 5.41) is 7.83. The van der Waals surface area contributed by atoms with Crippen molar-refractivity contribution in [2.24, 2.45) is 0 Å². The molecule has 2 heterocycles. The number of carbonyl (C=O) groups excluding carboxylic acids is 1. The van der Waals surface area contributed by atoms with Crippen LogP contribution < -0.4 is 10.1 Å². The molecule has 0 fully saturated rings. The Balaban J connectivity index is 1.45. The Kier molecular flexibility index (Phi) is 6.94. The van der Waals surface area contributed by atoms with Gasteiger partial charge in [-0.25, -0.2) is 17.8 Å². The highest BCUT2D eigenvalue weighted by Crippen LogP contribution is 2.32. The summed E-state index contributed by atoms with van der Waals surface area (Å²) in [6.07, 6.45) is 0.122. The van der Waals surface area contributed by atoms with Gasteiger partial charge >= 0.3 is 0 Å². The zero-order valence-electron chi connectivity index (χ0n) is 18.6. The van der Waals surface area contributed by atoms with Crippen molar-refractivity contribution in [2.75, 3.05) is 17.7 Å². The summed E-state index contributed by atoms with van der Waals surface area (Å²) in [4.78, 5) is 17.2. The summed E-state index contributed by atoms with van der Waals surface area (Å²) in [6, 6.07) is 12.1. The Hall–Kier alpha value is -3.31. The number of amides is 1. The second kappa shape index (κ2) is 9.90. The van der Waals surface area contributed by atoms with E-state index in [0.29, 0.717) is 29.0 Å². The fourth-order valence-corrected chi connectivity index (χ4v) is 5.66. The van der Waals surface area contributed by atoms with Crippen molar-refractivity contribution in [1.82, 2.24) is 14.8 Å². The quantitative estimate of drug-likeness (QED) is 0.338. The molecule has 0 bridgehead atoms. The highest BCUT2D eigenvalue weighted by Gasteiger charge is 2.18. The number of ether oxygens (including phenoxy) is 1. The first-order valence-electron chi connectivity index (χ1n) is 10.6. The average Bonchev–Trinajstić information content (AvgIpc) is 3.38. The van der Waals surface area contributed by atoms with E-state index in [2.05, 4.69) is 15.4 Å². The second-order valence-electron chi connectivity index (χ2n) is 7.54. The minimum absolute atomic E-state index is 0.00101. The lowest BCUT2D eigenvalue weighted by atomic mass is 10.3. The molecule has 4 aromatic rings. The Labute approximate surface area is 200 Å². The molecule has 0 aliphatic rings. The van der Waals surface area contributed by atoms with Crippen molar-refractivity contribution in [1.29, 1.82) is 0 Å². The number of rotatable bonds is 9. The van der Waals surface area contributed by atoms with Crippen molar-refractivity contribution >= 4 is 43.1 Å². The summed E-state index contributed by atoms with van der Waals surface area (Å²) >= 11 is 1.42. The summed E-state index contributed by atoms with van der Waals surface area (Å²) in [6.45, 7) is 4.23. The Morgan fingerprint density at radius 2 is 1.97 bits per heavy atom. The van der Waals surface area contributed by atoms with Crippen LogP contribution in [0.4, 0.5) is 10.2 Å². The van der Waals surface area contributed by atoms with E-state index in [4.69, 9.17) is 4.74 Å². The van der Waals surface area contributed by atoms with E-state index in [0.717, 1.165) is 22.3 Å². The van der Waals surface area contributed by atoms with Crippen LogP contribution in [0.15, 0.2) is 53.4 Å². The number of halogens is 1. The van der Waals surface area contributed by atoms with Crippen LogP contribution in [0.1, 0.15) is 25.5 Å². The van der Waals surface area contributed by atoms with Gasteiger partial charge in [0.2, 0.25) is 11.0 Å². The molecule has 0 aliphatic carbocycles. The van der Waals surface area contributed by atoms with Crippen LogP contribution in [0.25, 0.3) is 15.3 Å². The summed E-state index contributed by atoms with van der Waals surface area (Å²) in [5.74, 6) is 0.0573. The summed E-state index contributed by atoms with van der Waals surface area (Å²) in [5.41, 5.74) is 1.42. The van der Waals surface area contributed by atoms with E-state index in [1.807, 2.05) is 25.1 Å². The molecule has 0 spiro atoms. The van der Waals surface area contributed by atoms with E-state index in [1.54, 1.807) is 17.7 Å². The number of para-hydroxylation sites is 1. The Morgan fingerprint density at radius 3 is 2.71 bits per heavy atom. The highest BCUT2D eigenvalue weighted by molar-refractivity contribution is 7.91. The van der Waals surface area contributed by atoms with Crippen LogP contribution in [0.3, 0.4) is 0 Å². The monoisotopic (exact) mass is 502 g/mol. The van der Waals surface area contributed by atoms with Gasteiger partial charge in [0.1, 0.15) is 22.9 Å². The Morgan fingerprint density at radius 1 is 1.21 bits per heavy atom. The van der Waals surface area contributed by atoms with Crippen molar-refractivity contribution in [3.63, 3.8) is 0 Å². The maximum atomic E-state index is 13.0. The average molecular weight is 503 g/mol. The van der Waals surface area contributed by atoms with E-state index in [9.17, 15) is 17.6 Å². The molecule has 0 aliphatic heterocycles. The van der Waals surface area contributed by atoms with Gasteiger partial charge < -0.3 is 10.1 Å². The van der Waals surface area contributed by atoms with E-state index in [1.165, 1.54) is 23.5 Å². The summed E-state index contributed by atoms with van der Waals surface area (Å²) in [7, 11) is -3.60. The van der Waals surface area contributed by atoms with Crippen molar-refractivity contribution < 1.29 is 22.3 Å². The standard InChI is InChI=1S/C23H23FN4O4S2/c1-3-32-18-6-4-7-19-22(18)26-23(33-19)28-20(14-15(2)27-28)25-21(29)8-5-13-34(30,31)17-11-9-16(24)10-12-17/h4,6-7,9-12,14H,3,5,8,13H2,1-2H3,(H,25,29). The number of fused-ring (bicyclic) bond motifs is 1. The predicted molar refractivity (Wildman–Crippen MR) is 129 cm³/mol. The lowest BCUT2D eigenvalue weighted by molar-refractivity contribution is -0.116. The van der Waals surface area contributed by atoms with Crippen molar-refractivity contribution in [2.45, 2.75) is 31.6 Å². The molecule has 1 amide bonds. The molecule has 0 saturated heterocycles. The van der Waals surface area contributed by atoms with Gasteiger partial charge in [0.25, 0.3) is 0 Å². The number of anilines is 1. The van der Waals surface area contributed by atoms with Gasteiger partial charge in [-0.15, -0.1) is 0 Å². The molecule has 178 valence electrons. The minimum atomic E-state index is -3.60. The first kappa shape index (κ1) is 23.8. The van der Waals surface area contributed by atoms with Crippen LogP contribution in [0.2, 0.25) is 0 Å². The fraction of sp³-hybridized carbons (Fsp3) is 0.261. The fourth-order valence-electron chi connectivity index (χ4n) is 3.40. The third-order valence-corrected chi connectivity index (χ3v) is 7.75. The van der Waals surface area contributed by atoms with Crippen LogP contribution in [0, 0.1) is 12.7 Å². The molecule has 4 rings (SSSR count). The van der Waals surface area contributed by atoms with Crippen molar-refractivity contribution in [3.8, 4) is 10.9 Å². The van der Waals surface area contributed by atoms with Gasteiger partial charge in [-0.2, -0.15) is 9.78 Å². The molecule has 0 atom stereocenters. The minimum Gasteiger partial charge on any atom is -0.492 e. The van der Waals surface area contributed by atoms with Crippen molar-refractivity contribution in [3.05, 3.63) is 60.0 Å². The van der Waals surface area contributed by atoms with Gasteiger partial charge in [0, 0.05) is 12.5 Å². The first-order valence-corrected chi connectivity index (χ1v) is 13.1. The number of hydrogen-bond donors (Lipinski definition) is 1. The predicted octanol–water partition coefficient (Wildman–Crippen LogP) is 4.52. The molecule has 2 aromatic heterocycles. The van der Waals surface area contributed by atoms with E-state index >= 15 is 0 Å². The smallest absolute Gasteiger partial charge is 0.225 e. The largest absolute Gasteiger partial charge is 0.492 e. The number of thiazole rings is 1. The second-order valence-corrected chi connectivity index (χ2v) is 10.7. The number of aryl methyl sites for hydroxylation is 1. The van der Waals surface area contributed by atoms with Crippen LogP contribution >= 0.6 is 11.3 Å². The SMILES string of the molecule is CCOc1cccc2sc(-n3nc(C)cc3NC(=O)CCCS(=O)(=O)c3ccc(F)cc3)nc12. The van der Waals surface area contributed by atoms with Crippen LogP contribution in [0.5, 0.6) is 5.75 Å². The molecule has 0 radical (unpaired) electrons. The third-order valence-electron chi connectivity index (χ3n) is 4.94. The van der Waals surface area contributed by atoms with Crippen LogP contribution in [-0.4, -0.2) is 41.4 Å². The molecule has 2 aromatic carbocycles. The van der Waals surface area contributed by atoms with Gasteiger partial charge in [-0.05, 0) is 56.7 Å². The summed E-state index contributed by atoms with van der Waals surface area (Å²) < 4.78 is 46.0. The van der Waals surface area contributed by atoms with Gasteiger partial charge in [-0.3, -0.25) is 4.79 Å². The number of benzene rings is 2. The van der Waals surface area contributed by atoms with Gasteiger partial charge in [0.05, 0.1) is 27.6 Å². The topological polar surface area (TPSA) is 103 Å². The molecule has 0 unspecified atom stereocenters. The molecule has 34 heavy (non-hydrogen) atoms. The zero-order valence-corrected chi connectivity index (χ0v) is 20.2. The number of hydrogen-bond acceptors (Lipinski definition) is 7. The highest BCUT2D eigenvalue weighted by atomic mass is 32.2. The zero-order chi connectivity index (χ0) is 24.3. The maximum Gasteiger partial charge on any atom is 0.225 e. The van der Waals surface area contributed by atoms with E-state index in [-0.39, 0.29) is 29.4 Å². The molecule has 11 heteroatoms. The first-order chi connectivity index (χ1) is 16.3. The lowest BCUT2D eigenvalue weighted by Gasteiger charge is -2.07. The molecule has 0 saturated carbocycles. The number of carbonyl (C=O) groups is 1. The lowest BCUT2D eigenvalue weighted by Crippen LogP contribution is -2.16. The van der Waals surface area contributed by atoms with E-state index < -0.39 is 15.7 Å². The molecular weight excluding hydrogens is 479 g/mol. The third kappa shape index (κ3) is 5.26. The van der Waals surface area contributed by atoms with Gasteiger partial charge in [-0.1, -0.05) is 17.4 Å². The van der Waals surface area contributed by atoms with Crippen LogP contribution in [-0.2, 0) is 14.6 Å². The molecule has 8 nitrogen and oxygen atoms in total. The number of nitrogens with zero attached hydrogens (tertiary/aromatic N) is 3.